The van der Waals surface area contributed by atoms with Gasteiger partial charge in [0.25, 0.3) is 0 Å². The lowest BCUT2D eigenvalue weighted by atomic mass is 10.0. The van der Waals surface area contributed by atoms with Crippen molar-refractivity contribution in [3.8, 4) is 0 Å². The van der Waals surface area contributed by atoms with E-state index in [1.54, 1.807) is 0 Å². The van der Waals surface area contributed by atoms with Crippen molar-refractivity contribution in [2.75, 3.05) is 33.9 Å². The number of amides is 1. The lowest BCUT2D eigenvalue weighted by Gasteiger charge is -2.32. The van der Waals surface area contributed by atoms with E-state index < -0.39 is 0 Å². The number of rotatable bonds is 4. The van der Waals surface area contributed by atoms with Gasteiger partial charge in [0, 0.05) is 38.8 Å². The molecule has 1 aliphatic heterocycles. The Balaban J connectivity index is 2.43. The number of nitrogens with one attached hydrogen (secondary N) is 1. The lowest BCUT2D eigenvalue weighted by molar-refractivity contribution is -0.137. The topological polar surface area (TPSA) is 41.6 Å². The van der Waals surface area contributed by atoms with Crippen LogP contribution in [-0.2, 0) is 9.53 Å². The molecule has 0 aromatic heterocycles. The van der Waals surface area contributed by atoms with E-state index in [1.807, 2.05) is 25.9 Å². The van der Waals surface area contributed by atoms with Crippen LogP contribution in [0.15, 0.2) is 0 Å². The summed E-state index contributed by atoms with van der Waals surface area (Å²) in [6.45, 7) is 4.27. The Bertz CT molecular complexity index is 203. The predicted molar refractivity (Wildman–Crippen MR) is 59.7 cm³/mol. The molecule has 15 heavy (non-hydrogen) atoms. The Labute approximate surface area is 92.0 Å². The molecule has 1 saturated heterocycles. The summed E-state index contributed by atoms with van der Waals surface area (Å²) in [5.41, 5.74) is 0. The molecule has 4 heteroatoms. The summed E-state index contributed by atoms with van der Waals surface area (Å²) < 4.78 is 5.29. The van der Waals surface area contributed by atoms with Crippen LogP contribution in [0.1, 0.15) is 19.8 Å². The minimum Gasteiger partial charge on any atom is -0.381 e. The van der Waals surface area contributed by atoms with Gasteiger partial charge in [0.1, 0.15) is 0 Å². The Kier molecular flexibility index (Phi) is 5.05. The zero-order valence-electron chi connectivity index (χ0n) is 9.95. The highest BCUT2D eigenvalue weighted by Crippen LogP contribution is 2.14. The molecule has 4 nitrogen and oxygen atoms in total. The van der Waals surface area contributed by atoms with Crippen LogP contribution in [-0.4, -0.2) is 50.7 Å². The quantitative estimate of drug-likeness (QED) is 0.740. The second-order valence-corrected chi connectivity index (χ2v) is 4.25. The predicted octanol–water partition coefficient (Wildman–Crippen LogP) is 0.479. The van der Waals surface area contributed by atoms with Gasteiger partial charge in [0.15, 0.2) is 0 Å². The van der Waals surface area contributed by atoms with Gasteiger partial charge in [-0.15, -0.1) is 0 Å². The van der Waals surface area contributed by atoms with Crippen LogP contribution in [0, 0.1) is 5.92 Å². The highest BCUT2D eigenvalue weighted by atomic mass is 16.5. The normalized spacial score (nSPS) is 19.9. The van der Waals surface area contributed by atoms with Gasteiger partial charge in [-0.25, -0.2) is 0 Å². The molecule has 0 aliphatic carbocycles. The molecule has 0 bridgehead atoms. The van der Waals surface area contributed by atoms with Crippen LogP contribution in [0.4, 0.5) is 0 Å². The molecule has 1 N–H and O–H groups in total. The minimum absolute atomic E-state index is 0.0582. The summed E-state index contributed by atoms with van der Waals surface area (Å²) in [7, 11) is 3.78. The first kappa shape index (κ1) is 12.5. The third kappa shape index (κ3) is 3.47. The van der Waals surface area contributed by atoms with E-state index in [2.05, 4.69) is 5.32 Å². The Morgan fingerprint density at radius 1 is 1.53 bits per heavy atom. The Morgan fingerprint density at radius 2 is 2.13 bits per heavy atom. The molecule has 1 heterocycles. The number of carbonyl (C=O) groups excluding carboxylic acids is 1. The molecule has 0 saturated carbocycles. The maximum absolute atomic E-state index is 12.0. The van der Waals surface area contributed by atoms with Gasteiger partial charge < -0.3 is 15.0 Å². The minimum atomic E-state index is 0.0582. The van der Waals surface area contributed by atoms with Gasteiger partial charge in [0.05, 0.1) is 0 Å². The molecule has 0 aromatic rings. The Hall–Kier alpha value is -0.610. The molecular weight excluding hydrogens is 192 g/mol. The maximum Gasteiger partial charge on any atom is 0.226 e. The molecule has 0 spiro atoms. The summed E-state index contributed by atoms with van der Waals surface area (Å²) in [5.74, 6) is 0.291. The molecular formula is C11H22N2O2. The van der Waals surface area contributed by atoms with Crippen molar-refractivity contribution in [1.29, 1.82) is 0 Å². The van der Waals surface area contributed by atoms with Gasteiger partial charge in [-0.3, -0.25) is 4.79 Å². The van der Waals surface area contributed by atoms with Crippen molar-refractivity contribution < 1.29 is 9.53 Å². The van der Waals surface area contributed by atoms with Crippen molar-refractivity contribution in [1.82, 2.24) is 10.2 Å². The second kappa shape index (κ2) is 6.08. The number of ether oxygens (including phenoxy) is 1. The van der Waals surface area contributed by atoms with Crippen LogP contribution >= 0.6 is 0 Å². The van der Waals surface area contributed by atoms with E-state index in [0.29, 0.717) is 6.04 Å². The summed E-state index contributed by atoms with van der Waals surface area (Å²) in [6, 6.07) is 0.366. The summed E-state index contributed by atoms with van der Waals surface area (Å²) in [5, 5.41) is 3.03. The van der Waals surface area contributed by atoms with E-state index in [-0.39, 0.29) is 11.8 Å². The average molecular weight is 214 g/mol. The van der Waals surface area contributed by atoms with Crippen molar-refractivity contribution in [2.24, 2.45) is 5.92 Å². The average Bonchev–Trinajstić information content (AvgIpc) is 2.28. The van der Waals surface area contributed by atoms with Crippen LogP contribution < -0.4 is 5.32 Å². The maximum atomic E-state index is 12.0. The standard InChI is InChI=1S/C11H22N2O2/c1-9(8-12-2)11(14)13(3)10-4-6-15-7-5-10/h9-10,12H,4-8H2,1-3H3. The number of hydrogen-bond donors (Lipinski definition) is 1. The van der Waals surface area contributed by atoms with E-state index in [0.717, 1.165) is 32.6 Å². The summed E-state index contributed by atoms with van der Waals surface area (Å²) in [4.78, 5) is 13.9. The molecule has 1 unspecified atom stereocenters. The van der Waals surface area contributed by atoms with Gasteiger partial charge in [0.2, 0.25) is 5.91 Å². The van der Waals surface area contributed by atoms with Crippen LogP contribution in [0.2, 0.25) is 0 Å². The van der Waals surface area contributed by atoms with Gasteiger partial charge in [-0.1, -0.05) is 6.92 Å². The summed E-state index contributed by atoms with van der Waals surface area (Å²) >= 11 is 0. The first-order valence-corrected chi connectivity index (χ1v) is 5.65. The third-order valence-corrected chi connectivity index (χ3v) is 3.02. The molecule has 1 aliphatic rings. The van der Waals surface area contributed by atoms with Crippen molar-refractivity contribution >= 4 is 5.91 Å². The molecule has 1 atom stereocenters. The van der Waals surface area contributed by atoms with E-state index in [1.165, 1.54) is 0 Å². The highest BCUT2D eigenvalue weighted by Gasteiger charge is 2.25. The Morgan fingerprint density at radius 3 is 2.67 bits per heavy atom. The van der Waals surface area contributed by atoms with Crippen molar-refractivity contribution in [3.05, 3.63) is 0 Å². The van der Waals surface area contributed by atoms with E-state index in [4.69, 9.17) is 4.74 Å². The first-order chi connectivity index (χ1) is 7.16. The monoisotopic (exact) mass is 214 g/mol. The molecule has 1 fully saturated rings. The fourth-order valence-electron chi connectivity index (χ4n) is 1.99. The number of hydrogen-bond acceptors (Lipinski definition) is 3. The van der Waals surface area contributed by atoms with E-state index >= 15 is 0 Å². The highest BCUT2D eigenvalue weighted by molar-refractivity contribution is 5.78. The third-order valence-electron chi connectivity index (χ3n) is 3.02. The van der Waals surface area contributed by atoms with E-state index in [9.17, 15) is 4.79 Å². The van der Waals surface area contributed by atoms with Gasteiger partial charge in [-0.05, 0) is 19.9 Å². The zero-order valence-corrected chi connectivity index (χ0v) is 9.95. The van der Waals surface area contributed by atoms with Crippen molar-refractivity contribution in [3.63, 3.8) is 0 Å². The second-order valence-electron chi connectivity index (χ2n) is 4.25. The van der Waals surface area contributed by atoms with Crippen LogP contribution in [0.3, 0.4) is 0 Å². The SMILES string of the molecule is CNCC(C)C(=O)N(C)C1CCOCC1. The number of nitrogens with zero attached hydrogens (tertiary/aromatic N) is 1. The zero-order chi connectivity index (χ0) is 11.3. The van der Waals surface area contributed by atoms with Crippen LogP contribution in [0.5, 0.6) is 0 Å². The first-order valence-electron chi connectivity index (χ1n) is 5.65. The molecule has 1 amide bonds. The molecule has 1 rings (SSSR count). The van der Waals surface area contributed by atoms with Gasteiger partial charge >= 0.3 is 0 Å². The molecule has 0 aromatic carbocycles. The summed E-state index contributed by atoms with van der Waals surface area (Å²) in [6.07, 6.45) is 1.93. The fourth-order valence-corrected chi connectivity index (χ4v) is 1.99. The molecule has 88 valence electrons. The number of carbonyl (C=O) groups is 1. The van der Waals surface area contributed by atoms with Crippen LogP contribution in [0.25, 0.3) is 0 Å². The van der Waals surface area contributed by atoms with Gasteiger partial charge in [-0.2, -0.15) is 0 Å². The lowest BCUT2D eigenvalue weighted by Crippen LogP contribution is -2.44. The smallest absolute Gasteiger partial charge is 0.226 e. The largest absolute Gasteiger partial charge is 0.381 e. The van der Waals surface area contributed by atoms with Crippen molar-refractivity contribution in [2.45, 2.75) is 25.8 Å². The molecule has 0 radical (unpaired) electrons. The fraction of sp³-hybridized carbons (Fsp3) is 0.909.